The van der Waals surface area contributed by atoms with E-state index in [4.69, 9.17) is 10.5 Å². The summed E-state index contributed by atoms with van der Waals surface area (Å²) >= 11 is 0. The van der Waals surface area contributed by atoms with Crippen LogP contribution < -0.4 is 5.73 Å². The molecule has 3 heteroatoms. The van der Waals surface area contributed by atoms with E-state index in [0.717, 1.165) is 38.5 Å². The maximum absolute atomic E-state index is 5.85. The van der Waals surface area contributed by atoms with Crippen LogP contribution in [0.5, 0.6) is 0 Å². The highest BCUT2D eigenvalue weighted by Gasteiger charge is 2.25. The van der Waals surface area contributed by atoms with Gasteiger partial charge >= 0.3 is 0 Å². The summed E-state index contributed by atoms with van der Waals surface area (Å²) < 4.78 is 5.38. The Morgan fingerprint density at radius 2 is 2.00 bits per heavy atom. The third kappa shape index (κ3) is 3.20. The average molecular weight is 234 g/mol. The summed E-state index contributed by atoms with van der Waals surface area (Å²) in [5.74, 6) is 0. The molecular formula is C14H22N2O. The molecule has 3 nitrogen and oxygen atoms in total. The van der Waals surface area contributed by atoms with Crippen LogP contribution in [0.25, 0.3) is 0 Å². The lowest BCUT2D eigenvalue weighted by Gasteiger charge is -2.35. The van der Waals surface area contributed by atoms with Gasteiger partial charge in [0.15, 0.2) is 0 Å². The molecule has 0 aromatic heterocycles. The number of anilines is 1. The molecule has 1 fully saturated rings. The fraction of sp³-hybridized carbons (Fsp3) is 0.571. The number of ether oxygens (including phenoxy) is 1. The molecule has 1 aromatic rings. The fourth-order valence-corrected chi connectivity index (χ4v) is 2.37. The number of hydrogen-bond acceptors (Lipinski definition) is 3. The first-order valence-electron chi connectivity index (χ1n) is 6.24. The third-order valence-corrected chi connectivity index (χ3v) is 3.39. The van der Waals surface area contributed by atoms with Crippen molar-refractivity contribution in [3.8, 4) is 0 Å². The van der Waals surface area contributed by atoms with E-state index >= 15 is 0 Å². The standard InChI is InChI=1S/C14H22N2O/c1-14(2,11-16-6-8-17-9-7-16)12-4-3-5-13(15)10-12/h3-5,10H,6-9,11,15H2,1-2H3. The molecular weight excluding hydrogens is 212 g/mol. The lowest BCUT2D eigenvalue weighted by molar-refractivity contribution is 0.0295. The van der Waals surface area contributed by atoms with Crippen LogP contribution in [0.1, 0.15) is 19.4 Å². The second-order valence-electron chi connectivity index (χ2n) is 5.40. The van der Waals surface area contributed by atoms with E-state index in [9.17, 15) is 0 Å². The lowest BCUT2D eigenvalue weighted by atomic mass is 9.84. The van der Waals surface area contributed by atoms with Crippen LogP contribution in [0.3, 0.4) is 0 Å². The Morgan fingerprint density at radius 3 is 2.65 bits per heavy atom. The number of benzene rings is 1. The summed E-state index contributed by atoms with van der Waals surface area (Å²) in [5, 5.41) is 0. The van der Waals surface area contributed by atoms with Gasteiger partial charge in [-0.3, -0.25) is 4.90 Å². The van der Waals surface area contributed by atoms with Crippen LogP contribution in [0.2, 0.25) is 0 Å². The molecule has 1 aliphatic heterocycles. The molecule has 17 heavy (non-hydrogen) atoms. The zero-order valence-electron chi connectivity index (χ0n) is 10.8. The van der Waals surface area contributed by atoms with E-state index < -0.39 is 0 Å². The Hall–Kier alpha value is -1.06. The summed E-state index contributed by atoms with van der Waals surface area (Å²) in [7, 11) is 0. The van der Waals surface area contributed by atoms with Crippen LogP contribution >= 0.6 is 0 Å². The number of rotatable bonds is 3. The normalized spacial score (nSPS) is 18.2. The first-order chi connectivity index (χ1) is 8.08. The fourth-order valence-electron chi connectivity index (χ4n) is 2.37. The monoisotopic (exact) mass is 234 g/mol. The van der Waals surface area contributed by atoms with Crippen molar-refractivity contribution in [3.63, 3.8) is 0 Å². The van der Waals surface area contributed by atoms with Crippen LogP contribution in [0.4, 0.5) is 5.69 Å². The molecule has 0 spiro atoms. The van der Waals surface area contributed by atoms with Crippen molar-refractivity contribution in [2.45, 2.75) is 19.3 Å². The molecule has 94 valence electrons. The topological polar surface area (TPSA) is 38.5 Å². The maximum atomic E-state index is 5.85. The van der Waals surface area contributed by atoms with Gasteiger partial charge in [0.05, 0.1) is 13.2 Å². The van der Waals surface area contributed by atoms with E-state index in [2.05, 4.69) is 30.9 Å². The maximum Gasteiger partial charge on any atom is 0.0594 e. The highest BCUT2D eigenvalue weighted by Crippen LogP contribution is 2.26. The molecule has 1 aliphatic rings. The van der Waals surface area contributed by atoms with Crippen molar-refractivity contribution in [2.24, 2.45) is 0 Å². The second kappa shape index (κ2) is 5.07. The predicted molar refractivity (Wildman–Crippen MR) is 71.1 cm³/mol. The molecule has 1 saturated heterocycles. The van der Waals surface area contributed by atoms with Crippen LogP contribution in [0, 0.1) is 0 Å². The number of nitrogen functional groups attached to an aromatic ring is 1. The lowest BCUT2D eigenvalue weighted by Crippen LogP contribution is -2.43. The highest BCUT2D eigenvalue weighted by molar-refractivity contribution is 5.43. The number of nitrogens with zero attached hydrogens (tertiary/aromatic N) is 1. The van der Waals surface area contributed by atoms with Gasteiger partial charge in [-0.2, -0.15) is 0 Å². The molecule has 0 aliphatic carbocycles. The van der Waals surface area contributed by atoms with E-state index in [1.807, 2.05) is 12.1 Å². The van der Waals surface area contributed by atoms with Crippen LogP contribution in [-0.4, -0.2) is 37.7 Å². The molecule has 0 bridgehead atoms. The van der Waals surface area contributed by atoms with Gasteiger partial charge < -0.3 is 10.5 Å². The summed E-state index contributed by atoms with van der Waals surface area (Å²) in [6, 6.07) is 8.22. The van der Waals surface area contributed by atoms with Gasteiger partial charge in [-0.1, -0.05) is 26.0 Å². The summed E-state index contributed by atoms with van der Waals surface area (Å²) in [4.78, 5) is 2.46. The zero-order chi connectivity index (χ0) is 12.3. The minimum Gasteiger partial charge on any atom is -0.399 e. The average Bonchev–Trinajstić information content (AvgIpc) is 2.30. The third-order valence-electron chi connectivity index (χ3n) is 3.39. The Morgan fingerprint density at radius 1 is 1.29 bits per heavy atom. The molecule has 0 unspecified atom stereocenters. The second-order valence-corrected chi connectivity index (χ2v) is 5.40. The van der Waals surface area contributed by atoms with E-state index in [0.29, 0.717) is 0 Å². The van der Waals surface area contributed by atoms with E-state index in [-0.39, 0.29) is 5.41 Å². The van der Waals surface area contributed by atoms with Gasteiger partial charge in [0.1, 0.15) is 0 Å². The van der Waals surface area contributed by atoms with Crippen molar-refractivity contribution < 1.29 is 4.74 Å². The minimum atomic E-state index is 0.132. The van der Waals surface area contributed by atoms with Gasteiger partial charge in [0.2, 0.25) is 0 Å². The summed E-state index contributed by atoms with van der Waals surface area (Å²) in [6.45, 7) is 9.38. The molecule has 2 N–H and O–H groups in total. The van der Waals surface area contributed by atoms with Crippen molar-refractivity contribution in [3.05, 3.63) is 29.8 Å². The van der Waals surface area contributed by atoms with Gasteiger partial charge in [0.25, 0.3) is 0 Å². The van der Waals surface area contributed by atoms with Crippen molar-refractivity contribution in [2.75, 3.05) is 38.6 Å². The first kappa shape index (κ1) is 12.4. The highest BCUT2D eigenvalue weighted by atomic mass is 16.5. The summed E-state index contributed by atoms with van der Waals surface area (Å²) in [5.41, 5.74) is 8.14. The molecule has 1 aromatic carbocycles. The molecule has 0 atom stereocenters. The Kier molecular flexibility index (Phi) is 3.69. The van der Waals surface area contributed by atoms with Gasteiger partial charge in [-0.15, -0.1) is 0 Å². The Balaban J connectivity index is 2.06. The van der Waals surface area contributed by atoms with Crippen LogP contribution in [0.15, 0.2) is 24.3 Å². The SMILES string of the molecule is CC(C)(CN1CCOCC1)c1cccc(N)c1. The smallest absolute Gasteiger partial charge is 0.0594 e. The van der Waals surface area contributed by atoms with Crippen molar-refractivity contribution in [1.82, 2.24) is 4.90 Å². The van der Waals surface area contributed by atoms with Crippen molar-refractivity contribution in [1.29, 1.82) is 0 Å². The largest absolute Gasteiger partial charge is 0.399 e. The van der Waals surface area contributed by atoms with Gasteiger partial charge in [-0.05, 0) is 17.7 Å². The molecule has 1 heterocycles. The number of hydrogen-bond donors (Lipinski definition) is 1. The van der Waals surface area contributed by atoms with Gasteiger partial charge in [0, 0.05) is 30.7 Å². The van der Waals surface area contributed by atoms with Gasteiger partial charge in [-0.25, -0.2) is 0 Å². The molecule has 0 radical (unpaired) electrons. The quantitative estimate of drug-likeness (QED) is 0.812. The zero-order valence-corrected chi connectivity index (χ0v) is 10.8. The molecule has 2 rings (SSSR count). The molecule has 0 saturated carbocycles. The summed E-state index contributed by atoms with van der Waals surface area (Å²) in [6.07, 6.45) is 0. The Bertz CT molecular complexity index is 370. The Labute approximate surface area is 104 Å². The minimum absolute atomic E-state index is 0.132. The predicted octanol–water partition coefficient (Wildman–Crippen LogP) is 1.88. The molecule has 0 amide bonds. The van der Waals surface area contributed by atoms with E-state index in [1.54, 1.807) is 0 Å². The first-order valence-corrected chi connectivity index (χ1v) is 6.24. The number of nitrogens with two attached hydrogens (primary N) is 1. The van der Waals surface area contributed by atoms with Crippen molar-refractivity contribution >= 4 is 5.69 Å². The van der Waals surface area contributed by atoms with E-state index in [1.165, 1.54) is 5.56 Å². The number of morpholine rings is 1. The van der Waals surface area contributed by atoms with Crippen LogP contribution in [-0.2, 0) is 10.2 Å².